The molecule has 2 nitrogen and oxygen atoms in total. The molecule has 0 aliphatic carbocycles. The number of carbonyl (C=O) groups is 1. The first-order valence-corrected chi connectivity index (χ1v) is 5.44. The first kappa shape index (κ1) is 11.8. The number of hydrogen-bond donors (Lipinski definition) is 1. The molecule has 1 rings (SSSR count). The quantitative estimate of drug-likeness (QED) is 0.817. The lowest BCUT2D eigenvalue weighted by Gasteiger charge is -2.14. The van der Waals surface area contributed by atoms with Crippen LogP contribution < -0.4 is 0 Å². The number of benzene rings is 1. The second-order valence-corrected chi connectivity index (χ2v) is 3.89. The Labute approximate surface area is 90.9 Å². The summed E-state index contributed by atoms with van der Waals surface area (Å²) in [6.45, 7) is 6.18. The minimum absolute atomic E-state index is 0.407. The smallest absolute Gasteiger partial charge is 0.335 e. The molecule has 0 aromatic heterocycles. The lowest BCUT2D eigenvalue weighted by Crippen LogP contribution is -2.02. The van der Waals surface area contributed by atoms with Crippen molar-refractivity contribution in [3.05, 3.63) is 34.9 Å². The predicted molar refractivity (Wildman–Crippen MR) is 61.5 cm³/mol. The summed E-state index contributed by atoms with van der Waals surface area (Å²) >= 11 is 0. The zero-order valence-corrected chi connectivity index (χ0v) is 9.58. The van der Waals surface area contributed by atoms with Crippen molar-refractivity contribution in [2.45, 2.75) is 39.5 Å². The maximum absolute atomic E-state index is 10.8. The van der Waals surface area contributed by atoms with E-state index in [9.17, 15) is 4.79 Å². The molecule has 0 aliphatic heterocycles. The van der Waals surface area contributed by atoms with Crippen LogP contribution in [0.2, 0.25) is 0 Å². The van der Waals surface area contributed by atoms with Crippen LogP contribution in [0.5, 0.6) is 0 Å². The van der Waals surface area contributed by atoms with Crippen LogP contribution in [-0.4, -0.2) is 11.1 Å². The molecule has 0 amide bonds. The molecule has 0 fully saturated rings. The van der Waals surface area contributed by atoms with Gasteiger partial charge in [0, 0.05) is 0 Å². The van der Waals surface area contributed by atoms with E-state index in [0.29, 0.717) is 11.5 Å². The van der Waals surface area contributed by atoms with E-state index in [0.717, 1.165) is 18.4 Å². The molecule has 0 bridgehead atoms. The number of rotatable bonds is 4. The molecule has 0 unspecified atom stereocenters. The monoisotopic (exact) mass is 206 g/mol. The molecule has 0 saturated carbocycles. The van der Waals surface area contributed by atoms with E-state index < -0.39 is 5.97 Å². The highest BCUT2D eigenvalue weighted by molar-refractivity contribution is 5.89. The maximum Gasteiger partial charge on any atom is 0.335 e. The van der Waals surface area contributed by atoms with Crippen LogP contribution in [0.25, 0.3) is 0 Å². The third-order valence-electron chi connectivity index (χ3n) is 2.94. The third kappa shape index (κ3) is 2.58. The molecule has 0 heterocycles. The Morgan fingerprint density at radius 1 is 1.33 bits per heavy atom. The Hall–Kier alpha value is -1.31. The van der Waals surface area contributed by atoms with Gasteiger partial charge in [-0.05, 0) is 42.9 Å². The van der Waals surface area contributed by atoms with Gasteiger partial charge in [0.15, 0.2) is 0 Å². The van der Waals surface area contributed by atoms with Gasteiger partial charge in [-0.25, -0.2) is 4.79 Å². The topological polar surface area (TPSA) is 37.3 Å². The van der Waals surface area contributed by atoms with Crippen LogP contribution in [0.4, 0.5) is 0 Å². The van der Waals surface area contributed by atoms with Crippen LogP contribution in [0, 0.1) is 6.92 Å². The maximum atomic E-state index is 10.8. The molecule has 0 spiro atoms. The number of aryl methyl sites for hydroxylation is 1. The SMILES string of the molecule is CCC(CC)c1ccc(C(=O)O)c(C)c1. The van der Waals surface area contributed by atoms with Gasteiger partial charge in [0.2, 0.25) is 0 Å². The van der Waals surface area contributed by atoms with Crippen molar-refractivity contribution in [3.8, 4) is 0 Å². The van der Waals surface area contributed by atoms with Crippen molar-refractivity contribution in [1.82, 2.24) is 0 Å². The van der Waals surface area contributed by atoms with E-state index in [2.05, 4.69) is 13.8 Å². The molecule has 1 N–H and O–H groups in total. The molecule has 0 saturated heterocycles. The first-order valence-electron chi connectivity index (χ1n) is 5.44. The number of carboxylic acid groups (broad SMARTS) is 1. The fourth-order valence-electron chi connectivity index (χ4n) is 1.94. The minimum Gasteiger partial charge on any atom is -0.478 e. The van der Waals surface area contributed by atoms with Crippen LogP contribution in [0.15, 0.2) is 18.2 Å². The van der Waals surface area contributed by atoms with Gasteiger partial charge in [0.1, 0.15) is 0 Å². The molecule has 82 valence electrons. The van der Waals surface area contributed by atoms with E-state index in [1.807, 2.05) is 19.1 Å². The van der Waals surface area contributed by atoms with Crippen LogP contribution in [0.3, 0.4) is 0 Å². The summed E-state index contributed by atoms with van der Waals surface area (Å²) < 4.78 is 0. The van der Waals surface area contributed by atoms with Gasteiger partial charge < -0.3 is 5.11 Å². The van der Waals surface area contributed by atoms with Crippen LogP contribution >= 0.6 is 0 Å². The Kier molecular flexibility index (Phi) is 3.89. The molecular weight excluding hydrogens is 188 g/mol. The fourth-order valence-corrected chi connectivity index (χ4v) is 1.94. The highest BCUT2D eigenvalue weighted by Crippen LogP contribution is 2.24. The molecule has 1 aromatic carbocycles. The molecule has 1 aromatic rings. The Bertz CT molecular complexity index is 352. The largest absolute Gasteiger partial charge is 0.478 e. The van der Waals surface area contributed by atoms with Gasteiger partial charge in [0.25, 0.3) is 0 Å². The molecule has 0 radical (unpaired) electrons. The van der Waals surface area contributed by atoms with Gasteiger partial charge in [-0.15, -0.1) is 0 Å². The summed E-state index contributed by atoms with van der Waals surface area (Å²) in [7, 11) is 0. The van der Waals surface area contributed by atoms with E-state index in [4.69, 9.17) is 5.11 Å². The van der Waals surface area contributed by atoms with Crippen LogP contribution in [0.1, 0.15) is 54.1 Å². The van der Waals surface area contributed by atoms with Gasteiger partial charge in [-0.1, -0.05) is 26.0 Å². The summed E-state index contributed by atoms with van der Waals surface area (Å²) in [4.78, 5) is 10.8. The van der Waals surface area contributed by atoms with Crippen LogP contribution in [-0.2, 0) is 0 Å². The lowest BCUT2D eigenvalue weighted by atomic mass is 9.91. The zero-order chi connectivity index (χ0) is 11.4. The number of aromatic carboxylic acids is 1. The zero-order valence-electron chi connectivity index (χ0n) is 9.58. The van der Waals surface area contributed by atoms with Crippen molar-refractivity contribution in [2.75, 3.05) is 0 Å². The molecule has 0 aliphatic rings. The summed E-state index contributed by atoms with van der Waals surface area (Å²) in [6, 6.07) is 5.65. The Morgan fingerprint density at radius 2 is 1.93 bits per heavy atom. The first-order chi connectivity index (χ1) is 7.10. The van der Waals surface area contributed by atoms with Crippen molar-refractivity contribution in [2.24, 2.45) is 0 Å². The lowest BCUT2D eigenvalue weighted by molar-refractivity contribution is 0.0696. The second-order valence-electron chi connectivity index (χ2n) is 3.89. The minimum atomic E-state index is -0.844. The number of hydrogen-bond acceptors (Lipinski definition) is 1. The predicted octanol–water partition coefficient (Wildman–Crippen LogP) is 3.60. The summed E-state index contributed by atoms with van der Waals surface area (Å²) in [6.07, 6.45) is 2.20. The van der Waals surface area contributed by atoms with Crippen molar-refractivity contribution in [3.63, 3.8) is 0 Å². The summed E-state index contributed by atoms with van der Waals surface area (Å²) in [5.41, 5.74) is 2.51. The molecule has 15 heavy (non-hydrogen) atoms. The van der Waals surface area contributed by atoms with E-state index >= 15 is 0 Å². The van der Waals surface area contributed by atoms with E-state index in [-0.39, 0.29) is 0 Å². The summed E-state index contributed by atoms with van der Waals surface area (Å²) in [5, 5.41) is 8.91. The highest BCUT2D eigenvalue weighted by atomic mass is 16.4. The van der Waals surface area contributed by atoms with Crippen molar-refractivity contribution < 1.29 is 9.90 Å². The normalized spacial score (nSPS) is 10.7. The number of carboxylic acids is 1. The van der Waals surface area contributed by atoms with Gasteiger partial charge >= 0.3 is 5.97 Å². The highest BCUT2D eigenvalue weighted by Gasteiger charge is 2.11. The Morgan fingerprint density at radius 3 is 2.33 bits per heavy atom. The van der Waals surface area contributed by atoms with E-state index in [1.54, 1.807) is 6.07 Å². The molecule has 0 atom stereocenters. The standard InChI is InChI=1S/C13H18O2/c1-4-10(5-2)11-6-7-12(13(14)15)9(3)8-11/h6-8,10H,4-5H2,1-3H3,(H,14,15). The fraction of sp³-hybridized carbons (Fsp3) is 0.462. The average molecular weight is 206 g/mol. The van der Waals surface area contributed by atoms with Gasteiger partial charge in [-0.3, -0.25) is 0 Å². The van der Waals surface area contributed by atoms with Gasteiger partial charge in [0.05, 0.1) is 5.56 Å². The van der Waals surface area contributed by atoms with Crippen molar-refractivity contribution >= 4 is 5.97 Å². The molecule has 2 heteroatoms. The Balaban J connectivity index is 3.05. The van der Waals surface area contributed by atoms with Gasteiger partial charge in [-0.2, -0.15) is 0 Å². The van der Waals surface area contributed by atoms with E-state index in [1.165, 1.54) is 5.56 Å². The average Bonchev–Trinajstić information content (AvgIpc) is 2.19. The van der Waals surface area contributed by atoms with Crippen molar-refractivity contribution in [1.29, 1.82) is 0 Å². The third-order valence-corrected chi connectivity index (χ3v) is 2.94. The second kappa shape index (κ2) is 4.96. The summed E-state index contributed by atoms with van der Waals surface area (Å²) in [5.74, 6) is -0.296. The molecular formula is C13H18O2.